The monoisotopic (exact) mass is 271 g/mol. The summed E-state index contributed by atoms with van der Waals surface area (Å²) in [4.78, 5) is 13.3. The van der Waals surface area contributed by atoms with Gasteiger partial charge in [-0.15, -0.1) is 0 Å². The predicted molar refractivity (Wildman–Crippen MR) is 71.1 cm³/mol. The van der Waals surface area contributed by atoms with E-state index in [-0.39, 0.29) is 5.91 Å². The van der Waals surface area contributed by atoms with Gasteiger partial charge in [0.05, 0.1) is 11.6 Å². The zero-order valence-corrected chi connectivity index (χ0v) is 11.6. The lowest BCUT2D eigenvalue weighted by atomic mass is 10.3. The molecule has 0 saturated heterocycles. The normalized spacial score (nSPS) is 12.0. The molecule has 0 N–H and O–H groups in total. The maximum atomic E-state index is 11.7. The molecule has 0 aliphatic rings. The molecule has 0 heterocycles. The van der Waals surface area contributed by atoms with Crippen LogP contribution < -0.4 is 4.74 Å². The van der Waals surface area contributed by atoms with Gasteiger partial charge in [0.15, 0.2) is 0 Å². The number of likely N-dealkylation sites (N-methyl/N-ethyl adjacent to an activating group) is 1. The molecule has 1 unspecified atom stereocenters. The number of para-hydroxylation sites is 1. The third kappa shape index (κ3) is 4.20. The number of hydrogen-bond acceptors (Lipinski definition) is 3. The standard InChI is InChI=1S/C13H18ClNO3/c1-10(17-3)13(16)15(2)8-9-18-12-7-5-4-6-11(12)14/h4-7,10H,8-9H2,1-3H3. The summed E-state index contributed by atoms with van der Waals surface area (Å²) in [7, 11) is 3.23. The van der Waals surface area contributed by atoms with Gasteiger partial charge in [-0.2, -0.15) is 0 Å². The number of amides is 1. The van der Waals surface area contributed by atoms with Gasteiger partial charge in [0.1, 0.15) is 18.5 Å². The number of nitrogens with zero attached hydrogens (tertiary/aromatic N) is 1. The summed E-state index contributed by atoms with van der Waals surface area (Å²) in [6.07, 6.45) is -0.435. The van der Waals surface area contributed by atoms with Crippen LogP contribution in [-0.4, -0.2) is 44.2 Å². The number of carbonyl (C=O) groups excluding carboxylic acids is 1. The smallest absolute Gasteiger partial charge is 0.251 e. The predicted octanol–water partition coefficient (Wildman–Crippen LogP) is 2.21. The van der Waals surface area contributed by atoms with Crippen molar-refractivity contribution < 1.29 is 14.3 Å². The Bertz CT molecular complexity index is 398. The molecule has 0 spiro atoms. The number of ether oxygens (including phenoxy) is 2. The molecule has 4 nitrogen and oxygen atoms in total. The van der Waals surface area contributed by atoms with Gasteiger partial charge >= 0.3 is 0 Å². The lowest BCUT2D eigenvalue weighted by Crippen LogP contribution is -2.38. The highest BCUT2D eigenvalue weighted by Gasteiger charge is 2.16. The van der Waals surface area contributed by atoms with E-state index in [2.05, 4.69) is 0 Å². The molecule has 0 aromatic heterocycles. The van der Waals surface area contributed by atoms with Crippen molar-refractivity contribution in [1.82, 2.24) is 4.90 Å². The Labute approximate surface area is 112 Å². The minimum Gasteiger partial charge on any atom is -0.490 e. The van der Waals surface area contributed by atoms with Crippen molar-refractivity contribution in [2.24, 2.45) is 0 Å². The second-order valence-corrected chi connectivity index (χ2v) is 4.32. The van der Waals surface area contributed by atoms with E-state index in [0.29, 0.717) is 23.9 Å². The molecule has 5 heteroatoms. The van der Waals surface area contributed by atoms with Crippen molar-refractivity contribution in [3.05, 3.63) is 29.3 Å². The van der Waals surface area contributed by atoms with Crippen LogP contribution in [0.2, 0.25) is 5.02 Å². The first-order chi connectivity index (χ1) is 8.56. The lowest BCUT2D eigenvalue weighted by Gasteiger charge is -2.20. The van der Waals surface area contributed by atoms with Gasteiger partial charge in [0.2, 0.25) is 0 Å². The number of rotatable bonds is 6. The summed E-state index contributed by atoms with van der Waals surface area (Å²) >= 11 is 5.95. The fourth-order valence-corrected chi connectivity index (χ4v) is 1.57. The Hall–Kier alpha value is -1.26. The van der Waals surface area contributed by atoms with Crippen LogP contribution in [0.4, 0.5) is 0 Å². The number of hydrogen-bond donors (Lipinski definition) is 0. The molecular weight excluding hydrogens is 254 g/mol. The van der Waals surface area contributed by atoms with Crippen LogP contribution in [0.15, 0.2) is 24.3 Å². The highest BCUT2D eigenvalue weighted by atomic mass is 35.5. The zero-order chi connectivity index (χ0) is 13.5. The van der Waals surface area contributed by atoms with Gasteiger partial charge in [-0.25, -0.2) is 0 Å². The Balaban J connectivity index is 2.38. The van der Waals surface area contributed by atoms with E-state index in [0.717, 1.165) is 0 Å². The fourth-order valence-electron chi connectivity index (χ4n) is 1.38. The number of halogens is 1. The van der Waals surface area contributed by atoms with Gasteiger partial charge in [-0.1, -0.05) is 23.7 Å². The minimum atomic E-state index is -0.435. The van der Waals surface area contributed by atoms with E-state index in [1.165, 1.54) is 7.11 Å². The molecule has 0 aliphatic carbocycles. The van der Waals surface area contributed by atoms with E-state index >= 15 is 0 Å². The Morgan fingerprint density at radius 3 is 2.72 bits per heavy atom. The van der Waals surface area contributed by atoms with Gasteiger partial charge in [-0.05, 0) is 19.1 Å². The molecule has 100 valence electrons. The summed E-state index contributed by atoms with van der Waals surface area (Å²) in [5.41, 5.74) is 0. The maximum absolute atomic E-state index is 11.7. The fraction of sp³-hybridized carbons (Fsp3) is 0.462. The van der Waals surface area contributed by atoms with E-state index in [4.69, 9.17) is 21.1 Å². The molecule has 1 rings (SSSR count). The Kier molecular flexibility index (Phi) is 5.95. The summed E-state index contributed by atoms with van der Waals surface area (Å²) in [6.45, 7) is 2.59. The third-order valence-electron chi connectivity index (χ3n) is 2.60. The molecule has 0 fully saturated rings. The van der Waals surface area contributed by atoms with Gasteiger partial charge in [-0.3, -0.25) is 4.79 Å². The molecule has 18 heavy (non-hydrogen) atoms. The van der Waals surface area contributed by atoms with Crippen LogP contribution in [-0.2, 0) is 9.53 Å². The second kappa shape index (κ2) is 7.24. The number of benzene rings is 1. The molecule has 1 aromatic rings. The van der Waals surface area contributed by atoms with Crippen LogP contribution >= 0.6 is 11.6 Å². The highest BCUT2D eigenvalue weighted by Crippen LogP contribution is 2.22. The Morgan fingerprint density at radius 1 is 1.44 bits per heavy atom. The molecule has 0 aliphatic heterocycles. The van der Waals surface area contributed by atoms with Crippen LogP contribution in [0.3, 0.4) is 0 Å². The Morgan fingerprint density at radius 2 is 2.11 bits per heavy atom. The molecule has 0 radical (unpaired) electrons. The van der Waals surface area contributed by atoms with Crippen molar-refractivity contribution in [3.63, 3.8) is 0 Å². The van der Waals surface area contributed by atoms with Crippen LogP contribution in [0.25, 0.3) is 0 Å². The van der Waals surface area contributed by atoms with Crippen molar-refractivity contribution in [2.45, 2.75) is 13.0 Å². The summed E-state index contributed by atoms with van der Waals surface area (Å²) in [5.74, 6) is 0.556. The first-order valence-electron chi connectivity index (χ1n) is 5.71. The van der Waals surface area contributed by atoms with E-state index in [9.17, 15) is 4.79 Å². The third-order valence-corrected chi connectivity index (χ3v) is 2.91. The first-order valence-corrected chi connectivity index (χ1v) is 6.09. The van der Waals surface area contributed by atoms with E-state index < -0.39 is 6.10 Å². The molecular formula is C13H18ClNO3. The number of methoxy groups -OCH3 is 1. The van der Waals surface area contributed by atoms with Crippen LogP contribution in [0.1, 0.15) is 6.92 Å². The lowest BCUT2D eigenvalue weighted by molar-refractivity contribution is -0.139. The molecule has 1 atom stereocenters. The number of carbonyl (C=O) groups is 1. The van der Waals surface area contributed by atoms with Gasteiger partial charge in [0, 0.05) is 14.2 Å². The highest BCUT2D eigenvalue weighted by molar-refractivity contribution is 6.32. The molecule has 1 aromatic carbocycles. The molecule has 0 bridgehead atoms. The topological polar surface area (TPSA) is 38.8 Å². The zero-order valence-electron chi connectivity index (χ0n) is 10.9. The van der Waals surface area contributed by atoms with Gasteiger partial charge in [0.25, 0.3) is 5.91 Å². The van der Waals surface area contributed by atoms with Crippen LogP contribution in [0, 0.1) is 0 Å². The van der Waals surface area contributed by atoms with Crippen molar-refractivity contribution >= 4 is 17.5 Å². The summed E-state index contributed by atoms with van der Waals surface area (Å²) < 4.78 is 10.5. The average Bonchev–Trinajstić information content (AvgIpc) is 2.39. The minimum absolute atomic E-state index is 0.0692. The molecule has 1 amide bonds. The van der Waals surface area contributed by atoms with Crippen molar-refractivity contribution in [1.29, 1.82) is 0 Å². The van der Waals surface area contributed by atoms with Crippen molar-refractivity contribution in [2.75, 3.05) is 27.3 Å². The first kappa shape index (κ1) is 14.8. The second-order valence-electron chi connectivity index (χ2n) is 3.92. The largest absolute Gasteiger partial charge is 0.490 e. The summed E-state index contributed by atoms with van der Waals surface area (Å²) in [5, 5.41) is 0.566. The quantitative estimate of drug-likeness (QED) is 0.796. The van der Waals surface area contributed by atoms with Crippen molar-refractivity contribution in [3.8, 4) is 5.75 Å². The SMILES string of the molecule is COC(C)C(=O)N(C)CCOc1ccccc1Cl. The summed E-state index contributed by atoms with van der Waals surface area (Å²) in [6, 6.07) is 7.24. The van der Waals surface area contributed by atoms with Crippen LogP contribution in [0.5, 0.6) is 5.75 Å². The maximum Gasteiger partial charge on any atom is 0.251 e. The van der Waals surface area contributed by atoms with Gasteiger partial charge < -0.3 is 14.4 Å². The average molecular weight is 272 g/mol. The van der Waals surface area contributed by atoms with E-state index in [1.807, 2.05) is 12.1 Å². The van der Waals surface area contributed by atoms with E-state index in [1.54, 1.807) is 31.0 Å². The molecule has 0 saturated carbocycles.